The van der Waals surface area contributed by atoms with E-state index in [1.165, 1.54) is 13.2 Å². The van der Waals surface area contributed by atoms with Crippen molar-refractivity contribution in [2.45, 2.75) is 32.0 Å². The third kappa shape index (κ3) is 2.50. The van der Waals surface area contributed by atoms with Crippen LogP contribution in [0.25, 0.3) is 10.8 Å². The van der Waals surface area contributed by atoms with Crippen LogP contribution in [-0.4, -0.2) is 29.2 Å². The van der Waals surface area contributed by atoms with Crippen LogP contribution in [0.5, 0.6) is 0 Å². The number of Topliss-reactive ketones (excluding diaryl/α,β-unsaturated/α-hetero) is 2. The molecule has 2 atom stereocenters. The number of ketones is 2. The van der Waals surface area contributed by atoms with Gasteiger partial charge in [0, 0.05) is 17.6 Å². The van der Waals surface area contributed by atoms with Gasteiger partial charge in [-0.2, -0.15) is 0 Å². The van der Waals surface area contributed by atoms with Gasteiger partial charge in [0.25, 0.3) is 0 Å². The summed E-state index contributed by atoms with van der Waals surface area (Å²) in [5.74, 6) is -1.55. The highest BCUT2D eigenvalue weighted by Crippen LogP contribution is 2.45. The summed E-state index contributed by atoms with van der Waals surface area (Å²) in [6.45, 7) is 3.44. The molecule has 2 aromatic rings. The van der Waals surface area contributed by atoms with Crippen molar-refractivity contribution >= 4 is 28.3 Å². The molecular weight excluding hydrogens is 368 g/mol. The Morgan fingerprint density at radius 1 is 1.10 bits per heavy atom. The number of rotatable bonds is 2. The van der Waals surface area contributed by atoms with E-state index in [1.807, 2.05) is 37.3 Å². The average Bonchev–Trinajstić information content (AvgIpc) is 2.97. The molecule has 0 aromatic heterocycles. The van der Waals surface area contributed by atoms with Crippen molar-refractivity contribution in [2.24, 2.45) is 0 Å². The van der Waals surface area contributed by atoms with Gasteiger partial charge in [0.1, 0.15) is 5.57 Å². The van der Waals surface area contributed by atoms with E-state index in [0.29, 0.717) is 23.1 Å². The molecule has 5 rings (SSSR count). The molecule has 0 radical (unpaired) electrons. The summed E-state index contributed by atoms with van der Waals surface area (Å²) in [5, 5.41) is 1.90. The van der Waals surface area contributed by atoms with E-state index in [4.69, 9.17) is 9.47 Å². The monoisotopic (exact) mass is 386 g/mol. The predicted octanol–water partition coefficient (Wildman–Crippen LogP) is 3.84. The summed E-state index contributed by atoms with van der Waals surface area (Å²) in [6, 6.07) is 13.0. The second-order valence-corrected chi connectivity index (χ2v) is 7.78. The molecule has 0 saturated carbocycles. The van der Waals surface area contributed by atoms with Crippen molar-refractivity contribution < 1.29 is 23.9 Å². The van der Waals surface area contributed by atoms with Gasteiger partial charge in [-0.1, -0.05) is 36.4 Å². The lowest BCUT2D eigenvalue weighted by atomic mass is 9.75. The number of carbonyl (C=O) groups is 3. The van der Waals surface area contributed by atoms with E-state index >= 15 is 0 Å². The molecule has 2 heterocycles. The summed E-state index contributed by atoms with van der Waals surface area (Å²) in [7, 11) is 0. The first-order valence-electron chi connectivity index (χ1n) is 9.51. The molecule has 0 fully saturated rings. The number of carbonyl (C=O) groups excluding carboxylic acids is 3. The van der Waals surface area contributed by atoms with Crippen LogP contribution in [0.3, 0.4) is 0 Å². The first-order valence-corrected chi connectivity index (χ1v) is 9.51. The highest BCUT2D eigenvalue weighted by atomic mass is 16.6. The number of hydrogen-bond donors (Lipinski definition) is 0. The molecule has 0 bridgehead atoms. The van der Waals surface area contributed by atoms with Gasteiger partial charge in [0.05, 0.1) is 17.9 Å². The second-order valence-electron chi connectivity index (χ2n) is 7.78. The normalized spacial score (nSPS) is 25.7. The van der Waals surface area contributed by atoms with Crippen LogP contribution in [-0.2, 0) is 19.1 Å². The number of hydrogen-bond acceptors (Lipinski definition) is 5. The van der Waals surface area contributed by atoms with Gasteiger partial charge in [-0.05, 0) is 42.3 Å². The smallest absolute Gasteiger partial charge is 0.343 e. The first kappa shape index (κ1) is 17.6. The first-order chi connectivity index (χ1) is 13.9. The molecule has 0 spiro atoms. The molecule has 29 heavy (non-hydrogen) atoms. The average molecular weight is 386 g/mol. The molecule has 2 aliphatic heterocycles. The van der Waals surface area contributed by atoms with Crippen LogP contribution in [0.15, 0.2) is 77.1 Å². The van der Waals surface area contributed by atoms with Gasteiger partial charge >= 0.3 is 5.97 Å². The van der Waals surface area contributed by atoms with Gasteiger partial charge < -0.3 is 9.47 Å². The van der Waals surface area contributed by atoms with Gasteiger partial charge in [0.2, 0.25) is 11.6 Å². The molecule has 5 nitrogen and oxygen atoms in total. The zero-order valence-corrected chi connectivity index (χ0v) is 16.0. The van der Waals surface area contributed by atoms with E-state index in [1.54, 1.807) is 18.2 Å². The van der Waals surface area contributed by atoms with E-state index in [2.05, 4.69) is 0 Å². The number of fused-ring (bicyclic) bond motifs is 3. The molecule has 2 unspecified atom stereocenters. The molecule has 5 heteroatoms. The Hall–Kier alpha value is -3.47. The molecule has 3 aliphatic rings. The Kier molecular flexibility index (Phi) is 3.65. The Morgan fingerprint density at radius 2 is 1.86 bits per heavy atom. The second kappa shape index (κ2) is 6.01. The lowest BCUT2D eigenvalue weighted by molar-refractivity contribution is -0.152. The zero-order chi connectivity index (χ0) is 20.3. The Balaban J connectivity index is 1.67. The van der Waals surface area contributed by atoms with Crippen LogP contribution >= 0.6 is 0 Å². The Morgan fingerprint density at radius 3 is 2.66 bits per heavy atom. The zero-order valence-electron chi connectivity index (χ0n) is 16.0. The minimum Gasteiger partial charge on any atom is -0.497 e. The molecular formula is C24H18O5. The largest absolute Gasteiger partial charge is 0.497 e. The van der Waals surface area contributed by atoms with Crippen LogP contribution in [0.2, 0.25) is 0 Å². The topological polar surface area (TPSA) is 69.7 Å². The standard InChI is InChI=1S/C24H18O5/c1-13-9-17-11-19-20(23(27)29-24(19,2)22(26)18(17)12-28-13)21(25)16-8-7-14-5-3-4-6-15(14)10-16/h3-8,10-13H,9H2,1-2H3. The highest BCUT2D eigenvalue weighted by molar-refractivity contribution is 6.29. The van der Waals surface area contributed by atoms with Gasteiger partial charge in [-0.25, -0.2) is 4.79 Å². The Bertz CT molecular complexity index is 1210. The maximum atomic E-state index is 13.3. The third-order valence-corrected chi connectivity index (χ3v) is 5.79. The summed E-state index contributed by atoms with van der Waals surface area (Å²) in [5.41, 5.74) is 0.330. The lowest BCUT2D eigenvalue weighted by Crippen LogP contribution is -2.42. The molecule has 0 amide bonds. The summed E-state index contributed by atoms with van der Waals surface area (Å²) < 4.78 is 10.9. The number of ether oxygens (including phenoxy) is 2. The minimum atomic E-state index is -1.50. The molecule has 1 aliphatic carbocycles. The maximum Gasteiger partial charge on any atom is 0.343 e. The van der Waals surface area contributed by atoms with Gasteiger partial charge in [-0.3, -0.25) is 9.59 Å². The van der Waals surface area contributed by atoms with Crippen molar-refractivity contribution in [1.29, 1.82) is 0 Å². The fourth-order valence-corrected chi connectivity index (χ4v) is 4.20. The van der Waals surface area contributed by atoms with Crippen molar-refractivity contribution in [3.8, 4) is 0 Å². The number of benzene rings is 2. The minimum absolute atomic E-state index is 0.0678. The molecule has 0 saturated heterocycles. The molecule has 2 aromatic carbocycles. The summed E-state index contributed by atoms with van der Waals surface area (Å²) >= 11 is 0. The lowest BCUT2D eigenvalue weighted by Gasteiger charge is -2.33. The van der Waals surface area contributed by atoms with E-state index < -0.39 is 17.4 Å². The van der Waals surface area contributed by atoms with Crippen molar-refractivity contribution in [3.05, 3.63) is 82.7 Å². The third-order valence-electron chi connectivity index (χ3n) is 5.79. The Labute approximate surface area is 167 Å². The van der Waals surface area contributed by atoms with E-state index in [9.17, 15) is 14.4 Å². The van der Waals surface area contributed by atoms with Crippen LogP contribution < -0.4 is 0 Å². The summed E-state index contributed by atoms with van der Waals surface area (Å²) in [4.78, 5) is 39.1. The highest BCUT2D eigenvalue weighted by Gasteiger charge is 2.54. The summed E-state index contributed by atoms with van der Waals surface area (Å²) in [6.07, 6.45) is 3.63. The number of esters is 1. The van der Waals surface area contributed by atoms with E-state index in [-0.39, 0.29) is 17.5 Å². The van der Waals surface area contributed by atoms with Crippen molar-refractivity contribution in [1.82, 2.24) is 0 Å². The molecule has 144 valence electrons. The van der Waals surface area contributed by atoms with Crippen LogP contribution in [0.4, 0.5) is 0 Å². The maximum absolute atomic E-state index is 13.3. The van der Waals surface area contributed by atoms with Crippen LogP contribution in [0.1, 0.15) is 30.6 Å². The van der Waals surface area contributed by atoms with Gasteiger partial charge in [-0.15, -0.1) is 0 Å². The van der Waals surface area contributed by atoms with Gasteiger partial charge in [0.15, 0.2) is 5.60 Å². The fourth-order valence-electron chi connectivity index (χ4n) is 4.20. The quantitative estimate of drug-likeness (QED) is 0.446. The van der Waals surface area contributed by atoms with E-state index in [0.717, 1.165) is 16.3 Å². The van der Waals surface area contributed by atoms with Crippen molar-refractivity contribution in [2.75, 3.05) is 0 Å². The fraction of sp³-hybridized carbons (Fsp3) is 0.208. The SMILES string of the molecule is CC1CC2=CC3=C(C(=O)c4ccc5ccccc5c4)C(=O)OC3(C)C(=O)C2=CO1. The predicted molar refractivity (Wildman–Crippen MR) is 106 cm³/mol. The molecule has 0 N–H and O–H groups in total. The van der Waals surface area contributed by atoms with Crippen LogP contribution in [0, 0.1) is 0 Å². The van der Waals surface area contributed by atoms with Crippen molar-refractivity contribution in [3.63, 3.8) is 0 Å².